The van der Waals surface area contributed by atoms with Gasteiger partial charge in [-0.1, -0.05) is 19.6 Å². The zero-order valence-corrected chi connectivity index (χ0v) is 20.2. The second-order valence-corrected chi connectivity index (χ2v) is 8.41. The minimum Gasteiger partial charge on any atom is -0.456 e. The van der Waals surface area contributed by atoms with Gasteiger partial charge in [0.2, 0.25) is 5.91 Å². The molecule has 1 aromatic heterocycles. The van der Waals surface area contributed by atoms with Gasteiger partial charge < -0.3 is 14.6 Å². The van der Waals surface area contributed by atoms with Gasteiger partial charge in [-0.2, -0.15) is 0 Å². The van der Waals surface area contributed by atoms with Crippen LogP contribution in [-0.2, 0) is 11.8 Å². The molecule has 4 aromatic rings. The Kier molecular flexibility index (Phi) is 6.83. The maximum absolute atomic E-state index is 13.7. The first-order valence-corrected chi connectivity index (χ1v) is 11.4. The van der Waals surface area contributed by atoms with Gasteiger partial charge in [-0.25, -0.2) is 4.39 Å². The number of ether oxygens (including phenoxy) is 1. The number of Topliss-reactive ketones (excluding diaryl/α,β-unsaturated/α-hetero) is 1. The van der Waals surface area contributed by atoms with Crippen molar-refractivity contribution in [1.82, 2.24) is 4.57 Å². The van der Waals surface area contributed by atoms with Gasteiger partial charge in [0, 0.05) is 47.4 Å². The molecule has 0 aliphatic rings. The summed E-state index contributed by atoms with van der Waals surface area (Å²) in [6.45, 7) is 7.00. The summed E-state index contributed by atoms with van der Waals surface area (Å²) in [5, 5.41) is 3.75. The highest BCUT2D eigenvalue weighted by Gasteiger charge is 2.17. The lowest BCUT2D eigenvalue weighted by Gasteiger charge is -2.17. The molecule has 6 nitrogen and oxygen atoms in total. The number of nitrogens with one attached hydrogen (secondary N) is 1. The molecule has 3 aromatic carbocycles. The van der Waals surface area contributed by atoms with Gasteiger partial charge in [0.15, 0.2) is 5.78 Å². The molecule has 1 heterocycles. The molecule has 0 saturated heterocycles. The molecule has 0 bridgehead atoms. The van der Waals surface area contributed by atoms with E-state index in [2.05, 4.69) is 11.9 Å². The van der Waals surface area contributed by atoms with Gasteiger partial charge in [0.1, 0.15) is 17.3 Å². The number of ketones is 1. The van der Waals surface area contributed by atoms with Crippen LogP contribution in [0.25, 0.3) is 21.9 Å². The molecular formula is C29H25FN2O4. The number of carbonyl (C=O) groups excluding carboxylic acids is 2. The number of rotatable bonds is 7. The summed E-state index contributed by atoms with van der Waals surface area (Å²) in [5.74, 6) is 0.0730. The van der Waals surface area contributed by atoms with Gasteiger partial charge in [0.05, 0.1) is 0 Å². The quantitative estimate of drug-likeness (QED) is 0.252. The van der Waals surface area contributed by atoms with Crippen molar-refractivity contribution in [3.8, 4) is 22.6 Å². The fraction of sp³-hybridized carbons (Fsp3) is 0.138. The highest BCUT2D eigenvalue weighted by molar-refractivity contribution is 6.05. The number of aryl methyl sites for hydroxylation is 2. The Morgan fingerprint density at radius 3 is 2.47 bits per heavy atom. The lowest BCUT2D eigenvalue weighted by Crippen LogP contribution is -2.17. The molecular weight excluding hydrogens is 459 g/mol. The third kappa shape index (κ3) is 4.81. The summed E-state index contributed by atoms with van der Waals surface area (Å²) < 4.78 is 21.3. The first-order valence-electron chi connectivity index (χ1n) is 11.4. The van der Waals surface area contributed by atoms with E-state index in [1.54, 1.807) is 69.6 Å². The van der Waals surface area contributed by atoms with Gasteiger partial charge in [-0.05, 0) is 72.5 Å². The summed E-state index contributed by atoms with van der Waals surface area (Å²) in [6, 6.07) is 14.3. The van der Waals surface area contributed by atoms with E-state index >= 15 is 0 Å². The van der Waals surface area contributed by atoms with Crippen molar-refractivity contribution < 1.29 is 18.7 Å². The minimum atomic E-state index is -0.384. The van der Waals surface area contributed by atoms with Crippen molar-refractivity contribution in [3.05, 3.63) is 101 Å². The van der Waals surface area contributed by atoms with E-state index in [-0.39, 0.29) is 23.1 Å². The molecule has 0 unspecified atom stereocenters. The van der Waals surface area contributed by atoms with Crippen LogP contribution in [0.2, 0.25) is 0 Å². The maximum Gasteiger partial charge on any atom is 0.258 e. The highest BCUT2D eigenvalue weighted by Crippen LogP contribution is 2.39. The Bertz CT molecular complexity index is 1590. The lowest BCUT2D eigenvalue weighted by molar-refractivity contribution is -0.111. The zero-order chi connectivity index (χ0) is 26.0. The van der Waals surface area contributed by atoms with Crippen molar-refractivity contribution in [2.45, 2.75) is 20.3 Å². The molecule has 0 aliphatic carbocycles. The van der Waals surface area contributed by atoms with Crippen LogP contribution < -0.4 is 15.6 Å². The molecule has 0 atom stereocenters. The molecule has 0 spiro atoms. The molecule has 182 valence electrons. The van der Waals surface area contributed by atoms with Gasteiger partial charge in [-0.3, -0.25) is 14.4 Å². The number of fused-ring (bicyclic) bond motifs is 1. The number of aromatic nitrogens is 1. The van der Waals surface area contributed by atoms with Crippen molar-refractivity contribution in [1.29, 1.82) is 0 Å². The van der Waals surface area contributed by atoms with E-state index in [9.17, 15) is 18.8 Å². The normalized spacial score (nSPS) is 10.8. The minimum absolute atomic E-state index is 0.0473. The third-order valence-electron chi connectivity index (χ3n) is 5.91. The Balaban J connectivity index is 1.99. The fourth-order valence-corrected chi connectivity index (χ4v) is 4.00. The van der Waals surface area contributed by atoms with Gasteiger partial charge in [-0.15, -0.1) is 0 Å². The molecule has 0 fully saturated rings. The highest BCUT2D eigenvalue weighted by atomic mass is 19.1. The van der Waals surface area contributed by atoms with Crippen LogP contribution in [0.15, 0.2) is 78.2 Å². The van der Waals surface area contributed by atoms with Crippen LogP contribution >= 0.6 is 0 Å². The molecule has 0 radical (unpaired) electrons. The predicted octanol–water partition coefficient (Wildman–Crippen LogP) is 6.16. The number of hydrogen-bond acceptors (Lipinski definition) is 4. The molecule has 1 amide bonds. The molecule has 1 N–H and O–H groups in total. The van der Waals surface area contributed by atoms with E-state index in [4.69, 9.17) is 4.74 Å². The smallest absolute Gasteiger partial charge is 0.258 e. The van der Waals surface area contributed by atoms with Gasteiger partial charge >= 0.3 is 0 Å². The van der Waals surface area contributed by atoms with Crippen LogP contribution in [-0.4, -0.2) is 16.3 Å². The van der Waals surface area contributed by atoms with E-state index < -0.39 is 0 Å². The Hall–Kier alpha value is -4.52. The summed E-state index contributed by atoms with van der Waals surface area (Å²) in [6.07, 6.45) is 3.16. The Labute approximate surface area is 207 Å². The van der Waals surface area contributed by atoms with Crippen LogP contribution in [0.1, 0.15) is 29.3 Å². The topological polar surface area (TPSA) is 77.4 Å². The number of hydrogen-bond donors (Lipinski definition) is 1. The Morgan fingerprint density at radius 2 is 1.78 bits per heavy atom. The molecule has 4 rings (SSSR count). The van der Waals surface area contributed by atoms with Crippen molar-refractivity contribution in [3.63, 3.8) is 0 Å². The average Bonchev–Trinajstić information content (AvgIpc) is 2.87. The predicted molar refractivity (Wildman–Crippen MR) is 139 cm³/mol. The average molecular weight is 485 g/mol. The number of anilines is 1. The summed E-state index contributed by atoms with van der Waals surface area (Å²) >= 11 is 0. The second kappa shape index (κ2) is 10.00. The Morgan fingerprint density at radius 1 is 1.03 bits per heavy atom. The lowest BCUT2D eigenvalue weighted by atomic mass is 9.96. The van der Waals surface area contributed by atoms with E-state index in [0.717, 1.165) is 6.08 Å². The van der Waals surface area contributed by atoms with E-state index in [0.29, 0.717) is 56.6 Å². The SMILES string of the molecule is C=CC(=O)Nc1ccc(Oc2ccc(F)cc2C)c(-c2cn(C)c(=O)c3ccc(C(=O)CC)cc23)c1. The maximum atomic E-state index is 13.7. The van der Waals surface area contributed by atoms with Crippen LogP contribution in [0.4, 0.5) is 10.1 Å². The fourth-order valence-electron chi connectivity index (χ4n) is 4.00. The second-order valence-electron chi connectivity index (χ2n) is 8.41. The van der Waals surface area contributed by atoms with Crippen molar-refractivity contribution >= 4 is 28.2 Å². The molecule has 7 heteroatoms. The van der Waals surface area contributed by atoms with Crippen LogP contribution in [0.3, 0.4) is 0 Å². The number of benzene rings is 3. The van der Waals surface area contributed by atoms with E-state index in [1.165, 1.54) is 16.7 Å². The summed E-state index contributed by atoms with van der Waals surface area (Å²) in [7, 11) is 1.64. The number of carbonyl (C=O) groups is 2. The van der Waals surface area contributed by atoms with Gasteiger partial charge in [0.25, 0.3) is 5.56 Å². The van der Waals surface area contributed by atoms with Crippen LogP contribution in [0.5, 0.6) is 11.5 Å². The first-order chi connectivity index (χ1) is 17.2. The summed E-state index contributed by atoms with van der Waals surface area (Å²) in [5.41, 5.74) is 2.57. The molecule has 0 saturated carbocycles. The number of halogens is 1. The summed E-state index contributed by atoms with van der Waals surface area (Å²) in [4.78, 5) is 37.3. The zero-order valence-electron chi connectivity index (χ0n) is 20.2. The van der Waals surface area contributed by atoms with Crippen molar-refractivity contribution in [2.24, 2.45) is 7.05 Å². The number of nitrogens with zero attached hydrogens (tertiary/aromatic N) is 1. The number of pyridine rings is 1. The standard InChI is InChI=1S/C29H25FN2O4/c1-5-25(33)18-7-10-21-22(14-18)24(16-32(4)29(21)35)23-15-20(31-28(34)6-2)9-12-27(23)36-26-11-8-19(30)13-17(26)3/h6-16H,2,5H2,1,3-4H3,(H,31,34). The monoisotopic (exact) mass is 484 g/mol. The molecule has 0 aliphatic heterocycles. The first kappa shape index (κ1) is 24.6. The number of amides is 1. The molecule has 36 heavy (non-hydrogen) atoms. The largest absolute Gasteiger partial charge is 0.456 e. The van der Waals surface area contributed by atoms with Crippen molar-refractivity contribution in [2.75, 3.05) is 5.32 Å². The third-order valence-corrected chi connectivity index (χ3v) is 5.91. The van der Waals surface area contributed by atoms with Crippen LogP contribution in [0, 0.1) is 12.7 Å². The van der Waals surface area contributed by atoms with E-state index in [1.807, 2.05) is 0 Å².